The highest BCUT2D eigenvalue weighted by Crippen LogP contribution is 2.30. The van der Waals surface area contributed by atoms with E-state index in [0.717, 1.165) is 17.7 Å². The van der Waals surface area contributed by atoms with Crippen molar-refractivity contribution in [3.05, 3.63) is 23.7 Å². The van der Waals surface area contributed by atoms with E-state index >= 15 is 0 Å². The Bertz CT molecular complexity index is 772. The van der Waals surface area contributed by atoms with Crippen LogP contribution in [0.3, 0.4) is 0 Å². The number of imide groups is 1. The third kappa shape index (κ3) is 4.20. The molecule has 2 heterocycles. The molecule has 3 rings (SSSR count). The highest BCUT2D eigenvalue weighted by molar-refractivity contribution is 6.21. The maximum Gasteiger partial charge on any atom is 0.329 e. The first-order chi connectivity index (χ1) is 12.9. The minimum absolute atomic E-state index is 0.0575. The van der Waals surface area contributed by atoms with Crippen molar-refractivity contribution in [1.29, 1.82) is 5.41 Å². The fourth-order valence-electron chi connectivity index (χ4n) is 3.91. The summed E-state index contributed by atoms with van der Waals surface area (Å²) in [5.41, 5.74) is 1.10. The topological polar surface area (TPSA) is 111 Å². The van der Waals surface area contributed by atoms with Crippen LogP contribution in [-0.4, -0.2) is 38.6 Å². The number of rotatable bonds is 6. The number of carbonyl (C=O) groups is 2. The van der Waals surface area contributed by atoms with Gasteiger partial charge in [-0.2, -0.15) is 5.10 Å². The molecule has 3 N–H and O–H groups in total. The molecule has 1 aliphatic heterocycles. The van der Waals surface area contributed by atoms with Crippen LogP contribution in [0, 0.1) is 11.3 Å². The lowest BCUT2D eigenvalue weighted by atomic mass is 9.85. The van der Waals surface area contributed by atoms with Gasteiger partial charge in [0, 0.05) is 17.5 Å². The Morgan fingerprint density at radius 2 is 2.00 bits per heavy atom. The number of urea groups is 1. The van der Waals surface area contributed by atoms with Crippen molar-refractivity contribution < 1.29 is 14.7 Å². The van der Waals surface area contributed by atoms with Crippen molar-refractivity contribution in [2.75, 3.05) is 4.90 Å². The number of allylic oxidation sites excluding steroid dienone is 2. The zero-order chi connectivity index (χ0) is 19.6. The molecule has 0 spiro atoms. The summed E-state index contributed by atoms with van der Waals surface area (Å²) in [6, 6.07) is -0.888. The van der Waals surface area contributed by atoms with E-state index in [0.29, 0.717) is 23.6 Å². The second-order valence-corrected chi connectivity index (χ2v) is 7.50. The number of aliphatic hydroxyl groups excluding tert-OH is 1. The number of carbonyl (C=O) groups excluding carboxylic acids is 2. The maximum absolute atomic E-state index is 12.8. The fourth-order valence-corrected chi connectivity index (χ4v) is 3.91. The van der Waals surface area contributed by atoms with E-state index in [1.54, 1.807) is 13.1 Å². The molecule has 1 saturated heterocycles. The Hall–Kier alpha value is -2.64. The van der Waals surface area contributed by atoms with Gasteiger partial charge in [0.25, 0.3) is 5.91 Å². The lowest BCUT2D eigenvalue weighted by Crippen LogP contribution is -2.32. The predicted octanol–water partition coefficient (Wildman–Crippen LogP) is 3.15. The van der Waals surface area contributed by atoms with Crippen LogP contribution in [0.2, 0.25) is 0 Å². The number of hydrogen-bond acceptors (Lipinski definition) is 5. The number of anilines is 1. The SMILES string of the molecule is CC(=N)/C(Cn1cc(N2C(=O)NC(CC3CCCCC3)C2=O)cn1)=C(/C)O. The number of amides is 3. The van der Waals surface area contributed by atoms with Crippen molar-refractivity contribution in [1.82, 2.24) is 15.1 Å². The minimum atomic E-state index is -0.470. The molecule has 1 atom stereocenters. The predicted molar refractivity (Wildman–Crippen MR) is 102 cm³/mol. The molecular weight excluding hydrogens is 346 g/mol. The lowest BCUT2D eigenvalue weighted by molar-refractivity contribution is -0.118. The van der Waals surface area contributed by atoms with E-state index in [9.17, 15) is 14.7 Å². The molecule has 0 bridgehead atoms. The molecule has 1 unspecified atom stereocenters. The molecule has 1 aromatic rings. The monoisotopic (exact) mass is 373 g/mol. The molecule has 8 heteroatoms. The summed E-state index contributed by atoms with van der Waals surface area (Å²) in [7, 11) is 0. The summed E-state index contributed by atoms with van der Waals surface area (Å²) in [6.07, 6.45) is 9.64. The van der Waals surface area contributed by atoms with Crippen molar-refractivity contribution in [3.8, 4) is 0 Å². The smallest absolute Gasteiger partial charge is 0.329 e. The standard InChI is InChI=1S/C19H27N5O3/c1-12(20)16(13(2)25)11-23-10-15(9-21-23)24-18(26)17(22-19(24)27)8-14-6-4-3-5-7-14/h9-10,14,17,20,25H,3-8,11H2,1-2H3,(H,22,27)/b16-13-,20-12?. The van der Waals surface area contributed by atoms with E-state index in [-0.39, 0.29) is 23.9 Å². The summed E-state index contributed by atoms with van der Waals surface area (Å²) < 4.78 is 1.51. The summed E-state index contributed by atoms with van der Waals surface area (Å²) >= 11 is 0. The van der Waals surface area contributed by atoms with E-state index in [4.69, 9.17) is 5.41 Å². The normalized spacial score (nSPS) is 22.0. The molecule has 1 aliphatic carbocycles. The summed E-state index contributed by atoms with van der Waals surface area (Å²) in [4.78, 5) is 26.3. The second kappa shape index (κ2) is 7.94. The zero-order valence-electron chi connectivity index (χ0n) is 15.9. The van der Waals surface area contributed by atoms with Crippen LogP contribution in [-0.2, 0) is 11.3 Å². The second-order valence-electron chi connectivity index (χ2n) is 7.50. The lowest BCUT2D eigenvalue weighted by Gasteiger charge is -2.23. The quantitative estimate of drug-likeness (QED) is 0.404. The van der Waals surface area contributed by atoms with Gasteiger partial charge in [-0.3, -0.25) is 9.48 Å². The van der Waals surface area contributed by atoms with Crippen molar-refractivity contribution >= 4 is 23.3 Å². The highest BCUT2D eigenvalue weighted by atomic mass is 16.3. The largest absolute Gasteiger partial charge is 0.512 e. The first-order valence-electron chi connectivity index (χ1n) is 9.48. The Labute approximate surface area is 158 Å². The fraction of sp³-hybridized carbons (Fsp3) is 0.579. The van der Waals surface area contributed by atoms with Gasteiger partial charge in [0.05, 0.1) is 24.2 Å². The third-order valence-corrected chi connectivity index (χ3v) is 5.40. The van der Waals surface area contributed by atoms with Crippen molar-refractivity contribution in [2.24, 2.45) is 5.92 Å². The number of aliphatic hydroxyl groups is 1. The van der Waals surface area contributed by atoms with Crippen LogP contribution in [0.5, 0.6) is 0 Å². The molecule has 0 radical (unpaired) electrons. The van der Waals surface area contributed by atoms with Gasteiger partial charge in [-0.05, 0) is 26.2 Å². The van der Waals surface area contributed by atoms with Crippen LogP contribution in [0.1, 0.15) is 52.4 Å². The first-order valence-corrected chi connectivity index (χ1v) is 9.48. The molecule has 8 nitrogen and oxygen atoms in total. The van der Waals surface area contributed by atoms with Gasteiger partial charge in [-0.15, -0.1) is 0 Å². The molecule has 1 saturated carbocycles. The van der Waals surface area contributed by atoms with E-state index in [1.807, 2.05) is 0 Å². The van der Waals surface area contributed by atoms with Gasteiger partial charge in [-0.1, -0.05) is 32.1 Å². The van der Waals surface area contributed by atoms with Gasteiger partial charge in [-0.25, -0.2) is 9.69 Å². The highest BCUT2D eigenvalue weighted by Gasteiger charge is 2.40. The molecule has 146 valence electrons. The molecule has 3 amide bonds. The Morgan fingerprint density at radius 1 is 1.30 bits per heavy atom. The van der Waals surface area contributed by atoms with Crippen LogP contribution in [0.4, 0.5) is 10.5 Å². The Kier molecular flexibility index (Phi) is 5.62. The molecular formula is C19H27N5O3. The van der Waals surface area contributed by atoms with Gasteiger partial charge in [0.1, 0.15) is 6.04 Å². The van der Waals surface area contributed by atoms with Crippen LogP contribution >= 0.6 is 0 Å². The molecule has 0 aromatic carbocycles. The van der Waals surface area contributed by atoms with Crippen LogP contribution in [0.15, 0.2) is 23.7 Å². The average molecular weight is 373 g/mol. The number of nitrogens with zero attached hydrogens (tertiary/aromatic N) is 3. The average Bonchev–Trinajstić information content (AvgIpc) is 3.17. The summed E-state index contributed by atoms with van der Waals surface area (Å²) in [6.45, 7) is 3.31. The first kappa shape index (κ1) is 19.1. The molecule has 2 aliphatic rings. The van der Waals surface area contributed by atoms with Crippen molar-refractivity contribution in [3.63, 3.8) is 0 Å². The molecule has 27 heavy (non-hydrogen) atoms. The third-order valence-electron chi connectivity index (χ3n) is 5.40. The van der Waals surface area contributed by atoms with E-state index < -0.39 is 12.1 Å². The number of nitrogens with one attached hydrogen (secondary N) is 2. The number of hydrogen-bond donors (Lipinski definition) is 3. The van der Waals surface area contributed by atoms with E-state index in [1.165, 1.54) is 37.1 Å². The van der Waals surface area contributed by atoms with Crippen LogP contribution < -0.4 is 10.2 Å². The molecule has 2 fully saturated rings. The summed E-state index contributed by atoms with van der Waals surface area (Å²) in [5.74, 6) is 0.316. The minimum Gasteiger partial charge on any atom is -0.512 e. The summed E-state index contributed by atoms with van der Waals surface area (Å²) in [5, 5.41) is 24.4. The van der Waals surface area contributed by atoms with Gasteiger partial charge >= 0.3 is 6.03 Å². The van der Waals surface area contributed by atoms with Crippen LogP contribution in [0.25, 0.3) is 0 Å². The van der Waals surface area contributed by atoms with Gasteiger partial charge in [0.15, 0.2) is 0 Å². The maximum atomic E-state index is 12.8. The van der Waals surface area contributed by atoms with E-state index in [2.05, 4.69) is 10.4 Å². The van der Waals surface area contributed by atoms with Gasteiger partial charge < -0.3 is 15.8 Å². The van der Waals surface area contributed by atoms with Gasteiger partial charge in [0.2, 0.25) is 0 Å². The number of aromatic nitrogens is 2. The molecule has 1 aromatic heterocycles. The zero-order valence-corrected chi connectivity index (χ0v) is 15.9. The Morgan fingerprint density at radius 3 is 2.63 bits per heavy atom. The Balaban J connectivity index is 1.70. The van der Waals surface area contributed by atoms with Crippen molar-refractivity contribution in [2.45, 2.75) is 65.0 Å².